The number of nitrogens with zero attached hydrogens (tertiary/aromatic N) is 1. The number of aromatic nitrogens is 1. The molecular weight excluding hydrogens is 334 g/mol. The number of carbonyl (C=O) groups is 1. The third kappa shape index (κ3) is 3.54. The van der Waals surface area contributed by atoms with Gasteiger partial charge in [0.2, 0.25) is 0 Å². The Balaban J connectivity index is 1.71. The van der Waals surface area contributed by atoms with Gasteiger partial charge < -0.3 is 14.8 Å². The van der Waals surface area contributed by atoms with Crippen LogP contribution in [0, 0.1) is 0 Å². The van der Waals surface area contributed by atoms with Crippen LogP contribution in [-0.2, 0) is 6.54 Å². The van der Waals surface area contributed by atoms with Crippen LogP contribution in [0.2, 0.25) is 0 Å². The minimum Gasteiger partial charge on any atom is -0.493 e. The number of urea groups is 1. The summed E-state index contributed by atoms with van der Waals surface area (Å²) in [5.74, 6) is 1.25. The molecule has 0 saturated carbocycles. The monoisotopic (exact) mass is 349 g/mol. The number of anilines is 1. The number of benzene rings is 1. The number of fused-ring (bicyclic) bond motifs is 1. The first-order valence-electron chi connectivity index (χ1n) is 6.79. The van der Waals surface area contributed by atoms with Gasteiger partial charge in [0, 0.05) is 17.0 Å². The smallest absolute Gasteiger partial charge is 0.321 e. The first kappa shape index (κ1) is 15.6. The standard InChI is InChI=1S/C15H15N3O3S2/c1-20-11-6-10-13(7-12(11)21-2)23-15(17-10)18-14(19)16-8-9-4-3-5-22-9/h3-7H,8H2,1-2H3,(H2,16,17,18,19). The minimum atomic E-state index is -0.281. The Morgan fingerprint density at radius 2 is 2.04 bits per heavy atom. The van der Waals surface area contributed by atoms with Gasteiger partial charge in [0.1, 0.15) is 0 Å². The molecule has 0 saturated heterocycles. The third-order valence-corrected chi connectivity index (χ3v) is 4.93. The Bertz CT molecular complexity index is 774. The van der Waals surface area contributed by atoms with Crippen molar-refractivity contribution < 1.29 is 14.3 Å². The maximum absolute atomic E-state index is 11.9. The molecule has 0 aliphatic carbocycles. The predicted octanol–water partition coefficient (Wildman–Crippen LogP) is 3.70. The van der Waals surface area contributed by atoms with E-state index in [-0.39, 0.29) is 6.03 Å². The predicted molar refractivity (Wildman–Crippen MR) is 92.9 cm³/mol. The first-order valence-corrected chi connectivity index (χ1v) is 8.49. The van der Waals surface area contributed by atoms with Gasteiger partial charge in [-0.05, 0) is 11.4 Å². The van der Waals surface area contributed by atoms with Gasteiger partial charge >= 0.3 is 6.03 Å². The largest absolute Gasteiger partial charge is 0.493 e. The summed E-state index contributed by atoms with van der Waals surface area (Å²) in [6, 6.07) is 7.28. The van der Waals surface area contributed by atoms with Crippen LogP contribution < -0.4 is 20.1 Å². The maximum Gasteiger partial charge on any atom is 0.321 e. The highest BCUT2D eigenvalue weighted by molar-refractivity contribution is 7.22. The van der Waals surface area contributed by atoms with Crippen LogP contribution in [0.1, 0.15) is 4.88 Å². The molecule has 0 aliphatic heterocycles. The van der Waals surface area contributed by atoms with E-state index in [1.807, 2.05) is 23.6 Å². The van der Waals surface area contributed by atoms with E-state index in [1.54, 1.807) is 31.6 Å². The number of thiophene rings is 1. The zero-order valence-corrected chi connectivity index (χ0v) is 14.2. The van der Waals surface area contributed by atoms with E-state index in [1.165, 1.54) is 11.3 Å². The molecule has 0 radical (unpaired) electrons. The molecule has 0 bridgehead atoms. The summed E-state index contributed by atoms with van der Waals surface area (Å²) < 4.78 is 11.4. The molecule has 120 valence electrons. The summed E-state index contributed by atoms with van der Waals surface area (Å²) in [5.41, 5.74) is 0.751. The SMILES string of the molecule is COc1cc2nc(NC(=O)NCc3cccs3)sc2cc1OC. The molecule has 1 aromatic carbocycles. The van der Waals surface area contributed by atoms with E-state index in [0.717, 1.165) is 15.1 Å². The molecule has 2 amide bonds. The van der Waals surface area contributed by atoms with E-state index in [9.17, 15) is 4.79 Å². The molecule has 0 fully saturated rings. The molecule has 2 aromatic heterocycles. The molecule has 0 unspecified atom stereocenters. The molecule has 6 nitrogen and oxygen atoms in total. The molecule has 0 aliphatic rings. The number of thiazole rings is 1. The van der Waals surface area contributed by atoms with Crippen molar-refractivity contribution in [1.29, 1.82) is 0 Å². The normalized spacial score (nSPS) is 10.5. The van der Waals surface area contributed by atoms with Crippen LogP contribution >= 0.6 is 22.7 Å². The zero-order valence-electron chi connectivity index (χ0n) is 12.6. The van der Waals surface area contributed by atoms with Crippen LogP contribution in [0.4, 0.5) is 9.93 Å². The van der Waals surface area contributed by atoms with Crippen LogP contribution in [-0.4, -0.2) is 25.2 Å². The number of hydrogen-bond acceptors (Lipinski definition) is 6. The Morgan fingerprint density at radius 3 is 2.74 bits per heavy atom. The zero-order chi connectivity index (χ0) is 16.2. The fourth-order valence-electron chi connectivity index (χ4n) is 2.03. The summed E-state index contributed by atoms with van der Waals surface area (Å²) in [5, 5.41) is 8.05. The molecule has 0 atom stereocenters. The summed E-state index contributed by atoms with van der Waals surface area (Å²) in [4.78, 5) is 17.4. The molecule has 3 rings (SSSR count). The van der Waals surface area contributed by atoms with Gasteiger partial charge in [0.05, 0.1) is 31.0 Å². The fourth-order valence-corrected chi connectivity index (χ4v) is 3.55. The lowest BCUT2D eigenvalue weighted by atomic mass is 10.3. The molecule has 8 heteroatoms. The van der Waals surface area contributed by atoms with Crippen molar-refractivity contribution in [3.8, 4) is 11.5 Å². The summed E-state index contributed by atoms with van der Waals surface area (Å²) in [6.45, 7) is 0.496. The highest BCUT2D eigenvalue weighted by Gasteiger charge is 2.12. The summed E-state index contributed by atoms with van der Waals surface area (Å²) in [6.07, 6.45) is 0. The number of ether oxygens (including phenoxy) is 2. The van der Waals surface area contributed by atoms with Gasteiger partial charge in [-0.25, -0.2) is 9.78 Å². The lowest BCUT2D eigenvalue weighted by molar-refractivity contribution is 0.252. The van der Waals surface area contributed by atoms with E-state index in [2.05, 4.69) is 15.6 Å². The average Bonchev–Trinajstić information content (AvgIpc) is 3.20. The van der Waals surface area contributed by atoms with Crippen LogP contribution in [0.25, 0.3) is 10.2 Å². The lowest BCUT2D eigenvalue weighted by Gasteiger charge is -2.05. The molecule has 23 heavy (non-hydrogen) atoms. The van der Waals surface area contributed by atoms with Gasteiger partial charge in [-0.15, -0.1) is 11.3 Å². The second kappa shape index (κ2) is 6.84. The highest BCUT2D eigenvalue weighted by atomic mass is 32.1. The molecular formula is C15H15N3O3S2. The van der Waals surface area contributed by atoms with E-state index >= 15 is 0 Å². The molecule has 3 aromatic rings. The Morgan fingerprint density at radius 1 is 1.26 bits per heavy atom. The average molecular weight is 349 g/mol. The highest BCUT2D eigenvalue weighted by Crippen LogP contribution is 2.36. The first-order chi connectivity index (χ1) is 11.2. The Kier molecular flexibility index (Phi) is 4.63. The van der Waals surface area contributed by atoms with Gasteiger partial charge in [0.25, 0.3) is 0 Å². The minimum absolute atomic E-state index is 0.281. The Labute approximate surface area is 141 Å². The molecule has 0 spiro atoms. The molecule has 2 N–H and O–H groups in total. The van der Waals surface area contributed by atoms with Gasteiger partial charge in [0.15, 0.2) is 16.6 Å². The van der Waals surface area contributed by atoms with Crippen molar-refractivity contribution in [3.05, 3.63) is 34.5 Å². The lowest BCUT2D eigenvalue weighted by Crippen LogP contribution is -2.27. The van der Waals surface area contributed by atoms with Crippen LogP contribution in [0.15, 0.2) is 29.6 Å². The molecule has 2 heterocycles. The number of carbonyl (C=O) groups excluding carboxylic acids is 1. The summed E-state index contributed by atoms with van der Waals surface area (Å²) in [7, 11) is 3.16. The van der Waals surface area contributed by atoms with Crippen molar-refractivity contribution in [2.24, 2.45) is 0 Å². The third-order valence-electron chi connectivity index (χ3n) is 3.12. The second-order valence-corrected chi connectivity index (χ2v) is 6.64. The van der Waals surface area contributed by atoms with Crippen molar-refractivity contribution in [3.63, 3.8) is 0 Å². The maximum atomic E-state index is 11.9. The number of nitrogens with one attached hydrogen (secondary N) is 2. The number of rotatable bonds is 5. The second-order valence-electron chi connectivity index (χ2n) is 4.58. The van der Waals surface area contributed by atoms with E-state index in [4.69, 9.17) is 9.47 Å². The van der Waals surface area contributed by atoms with Crippen molar-refractivity contribution >= 4 is 44.1 Å². The van der Waals surface area contributed by atoms with Gasteiger partial charge in [-0.1, -0.05) is 17.4 Å². The van der Waals surface area contributed by atoms with Crippen LogP contribution in [0.3, 0.4) is 0 Å². The van der Waals surface area contributed by atoms with Gasteiger partial charge in [-0.2, -0.15) is 0 Å². The van der Waals surface area contributed by atoms with Crippen molar-refractivity contribution in [2.75, 3.05) is 19.5 Å². The van der Waals surface area contributed by atoms with Crippen molar-refractivity contribution in [1.82, 2.24) is 10.3 Å². The number of amides is 2. The number of methoxy groups -OCH3 is 2. The fraction of sp³-hybridized carbons (Fsp3) is 0.200. The summed E-state index contributed by atoms with van der Waals surface area (Å²) >= 11 is 2.98. The van der Waals surface area contributed by atoms with Crippen molar-refractivity contribution in [2.45, 2.75) is 6.54 Å². The van der Waals surface area contributed by atoms with E-state index < -0.39 is 0 Å². The topological polar surface area (TPSA) is 72.5 Å². The van der Waals surface area contributed by atoms with Crippen LogP contribution in [0.5, 0.6) is 11.5 Å². The number of hydrogen-bond donors (Lipinski definition) is 2. The van der Waals surface area contributed by atoms with Gasteiger partial charge in [-0.3, -0.25) is 5.32 Å². The quantitative estimate of drug-likeness (QED) is 0.737. The Hall–Kier alpha value is -2.32. The van der Waals surface area contributed by atoms with E-state index in [0.29, 0.717) is 23.2 Å².